The van der Waals surface area contributed by atoms with Crippen LogP contribution in [-0.2, 0) is 20.8 Å². The molecular formula is C21H33N3O4. The number of carboxylic acids is 1. The SMILES string of the molecule is CCCCC(N)C(=O)N(C(=O)C(N)CC(C)C)C(Cc1ccccc1)C(=O)O. The van der Waals surface area contributed by atoms with Crippen LogP contribution in [0.2, 0.25) is 0 Å². The van der Waals surface area contributed by atoms with Crippen molar-refractivity contribution >= 4 is 17.8 Å². The van der Waals surface area contributed by atoms with E-state index in [2.05, 4.69) is 0 Å². The number of carboxylic acid groups (broad SMARTS) is 1. The van der Waals surface area contributed by atoms with E-state index in [4.69, 9.17) is 11.5 Å². The Morgan fingerprint density at radius 3 is 2.11 bits per heavy atom. The number of hydrogen-bond donors (Lipinski definition) is 3. The first-order valence-corrected chi connectivity index (χ1v) is 9.83. The van der Waals surface area contributed by atoms with E-state index < -0.39 is 35.9 Å². The van der Waals surface area contributed by atoms with Crippen molar-refractivity contribution in [3.63, 3.8) is 0 Å². The van der Waals surface area contributed by atoms with Gasteiger partial charge >= 0.3 is 5.97 Å². The van der Waals surface area contributed by atoms with E-state index in [1.807, 2.05) is 26.8 Å². The molecule has 0 saturated carbocycles. The van der Waals surface area contributed by atoms with Crippen LogP contribution in [0.25, 0.3) is 0 Å². The Kier molecular flexibility index (Phi) is 9.82. The summed E-state index contributed by atoms with van der Waals surface area (Å²) in [6.45, 7) is 5.78. The highest BCUT2D eigenvalue weighted by atomic mass is 16.4. The minimum Gasteiger partial charge on any atom is -0.480 e. The Balaban J connectivity index is 3.22. The topological polar surface area (TPSA) is 127 Å². The number of nitrogens with two attached hydrogens (primary N) is 2. The fourth-order valence-electron chi connectivity index (χ4n) is 3.06. The molecule has 5 N–H and O–H groups in total. The van der Waals surface area contributed by atoms with Gasteiger partial charge in [-0.2, -0.15) is 0 Å². The quantitative estimate of drug-likeness (QED) is 0.529. The molecule has 7 heteroatoms. The van der Waals surface area contributed by atoms with E-state index in [0.717, 1.165) is 11.3 Å². The lowest BCUT2D eigenvalue weighted by molar-refractivity contribution is -0.159. The van der Waals surface area contributed by atoms with Gasteiger partial charge in [-0.15, -0.1) is 0 Å². The molecule has 0 aliphatic heterocycles. The number of rotatable bonds is 11. The van der Waals surface area contributed by atoms with Gasteiger partial charge in [0.1, 0.15) is 6.04 Å². The summed E-state index contributed by atoms with van der Waals surface area (Å²) in [6.07, 6.45) is 2.29. The number of aliphatic carboxylic acids is 1. The fourth-order valence-corrected chi connectivity index (χ4v) is 3.06. The molecule has 1 aromatic carbocycles. The van der Waals surface area contributed by atoms with Gasteiger partial charge in [0.05, 0.1) is 12.1 Å². The Morgan fingerprint density at radius 2 is 1.61 bits per heavy atom. The van der Waals surface area contributed by atoms with E-state index in [1.54, 1.807) is 24.3 Å². The molecule has 3 unspecified atom stereocenters. The van der Waals surface area contributed by atoms with Crippen LogP contribution in [0, 0.1) is 5.92 Å². The number of benzene rings is 1. The first-order valence-electron chi connectivity index (χ1n) is 9.83. The van der Waals surface area contributed by atoms with Gasteiger partial charge < -0.3 is 16.6 Å². The zero-order valence-corrected chi connectivity index (χ0v) is 17.0. The molecule has 0 heterocycles. The molecule has 0 fully saturated rings. The van der Waals surface area contributed by atoms with Crippen LogP contribution in [0.3, 0.4) is 0 Å². The van der Waals surface area contributed by atoms with Crippen molar-refractivity contribution in [3.8, 4) is 0 Å². The Labute approximate surface area is 167 Å². The maximum absolute atomic E-state index is 13.0. The summed E-state index contributed by atoms with van der Waals surface area (Å²) < 4.78 is 0. The highest BCUT2D eigenvalue weighted by Crippen LogP contribution is 2.16. The minimum atomic E-state index is -1.35. The van der Waals surface area contributed by atoms with Gasteiger partial charge in [0.25, 0.3) is 0 Å². The van der Waals surface area contributed by atoms with Crippen LogP contribution in [0.4, 0.5) is 0 Å². The van der Waals surface area contributed by atoms with Crippen LogP contribution in [-0.4, -0.2) is 45.9 Å². The van der Waals surface area contributed by atoms with Crippen molar-refractivity contribution in [2.24, 2.45) is 17.4 Å². The molecule has 0 aromatic heterocycles. The number of imide groups is 1. The summed E-state index contributed by atoms with van der Waals surface area (Å²) in [5, 5.41) is 9.80. The minimum absolute atomic E-state index is 0.00253. The highest BCUT2D eigenvalue weighted by molar-refractivity contribution is 6.03. The Hall–Kier alpha value is -2.25. The normalized spacial score (nSPS) is 14.4. The molecular weight excluding hydrogens is 358 g/mol. The van der Waals surface area contributed by atoms with Crippen molar-refractivity contribution in [1.82, 2.24) is 4.90 Å². The number of carbonyl (C=O) groups excluding carboxylic acids is 2. The van der Waals surface area contributed by atoms with Crippen molar-refractivity contribution in [2.45, 2.75) is 71.0 Å². The zero-order chi connectivity index (χ0) is 21.3. The summed E-state index contributed by atoms with van der Waals surface area (Å²) in [4.78, 5) is 38.8. The molecule has 0 aliphatic rings. The third kappa shape index (κ3) is 7.05. The van der Waals surface area contributed by atoms with Crippen molar-refractivity contribution in [3.05, 3.63) is 35.9 Å². The molecule has 0 aliphatic carbocycles. The molecule has 7 nitrogen and oxygen atoms in total. The standard InChI is InChI=1S/C21H33N3O4/c1-4-5-11-16(22)19(25)24(20(26)17(23)12-14(2)3)18(21(27)28)13-15-9-7-6-8-10-15/h6-10,14,16-18H,4-5,11-13,22-23H2,1-3H3,(H,27,28). The maximum atomic E-state index is 13.0. The molecule has 1 aromatic rings. The van der Waals surface area contributed by atoms with Crippen LogP contribution in [0.15, 0.2) is 30.3 Å². The predicted molar refractivity (Wildman–Crippen MR) is 108 cm³/mol. The van der Waals surface area contributed by atoms with Gasteiger partial charge in [0, 0.05) is 6.42 Å². The molecule has 3 atom stereocenters. The second-order valence-corrected chi connectivity index (χ2v) is 7.57. The molecule has 0 radical (unpaired) electrons. The molecule has 28 heavy (non-hydrogen) atoms. The predicted octanol–water partition coefficient (Wildman–Crippen LogP) is 1.93. The number of hydrogen-bond acceptors (Lipinski definition) is 5. The lowest BCUT2D eigenvalue weighted by Crippen LogP contribution is -2.59. The van der Waals surface area contributed by atoms with E-state index >= 15 is 0 Å². The molecule has 0 spiro atoms. The lowest BCUT2D eigenvalue weighted by Gasteiger charge is -2.32. The fraction of sp³-hybridized carbons (Fsp3) is 0.571. The van der Waals surface area contributed by atoms with Crippen molar-refractivity contribution in [2.75, 3.05) is 0 Å². The second kappa shape index (κ2) is 11.6. The molecule has 0 saturated heterocycles. The Morgan fingerprint density at radius 1 is 1.04 bits per heavy atom. The monoisotopic (exact) mass is 391 g/mol. The first-order chi connectivity index (χ1) is 13.2. The van der Waals surface area contributed by atoms with Crippen LogP contribution >= 0.6 is 0 Å². The second-order valence-electron chi connectivity index (χ2n) is 7.57. The summed E-state index contributed by atoms with van der Waals surface area (Å²) in [5.74, 6) is -2.50. The lowest BCUT2D eigenvalue weighted by atomic mass is 9.99. The van der Waals surface area contributed by atoms with Gasteiger partial charge in [0.2, 0.25) is 11.8 Å². The highest BCUT2D eigenvalue weighted by Gasteiger charge is 2.39. The summed E-state index contributed by atoms with van der Waals surface area (Å²) in [7, 11) is 0. The zero-order valence-electron chi connectivity index (χ0n) is 17.0. The molecule has 0 bridgehead atoms. The molecule has 156 valence electrons. The van der Waals surface area contributed by atoms with Crippen molar-refractivity contribution in [1.29, 1.82) is 0 Å². The van der Waals surface area contributed by atoms with Crippen LogP contribution < -0.4 is 11.5 Å². The Bertz CT molecular complexity index is 648. The number of amides is 2. The summed E-state index contributed by atoms with van der Waals surface area (Å²) >= 11 is 0. The summed E-state index contributed by atoms with van der Waals surface area (Å²) in [5.41, 5.74) is 12.7. The number of nitrogens with zero attached hydrogens (tertiary/aromatic N) is 1. The third-order valence-electron chi connectivity index (χ3n) is 4.57. The number of unbranched alkanes of at least 4 members (excludes halogenated alkanes) is 1. The van der Waals surface area contributed by atoms with E-state index in [9.17, 15) is 19.5 Å². The van der Waals surface area contributed by atoms with Crippen LogP contribution in [0.5, 0.6) is 0 Å². The van der Waals surface area contributed by atoms with E-state index in [-0.39, 0.29) is 12.3 Å². The van der Waals surface area contributed by atoms with Crippen LogP contribution in [0.1, 0.15) is 52.0 Å². The molecule has 1 rings (SSSR count). The molecule has 2 amide bonds. The average molecular weight is 392 g/mol. The van der Waals surface area contributed by atoms with Gasteiger partial charge in [-0.3, -0.25) is 14.5 Å². The number of carbonyl (C=O) groups is 3. The largest absolute Gasteiger partial charge is 0.480 e. The third-order valence-corrected chi connectivity index (χ3v) is 4.57. The smallest absolute Gasteiger partial charge is 0.327 e. The van der Waals surface area contributed by atoms with Gasteiger partial charge in [-0.25, -0.2) is 4.79 Å². The first kappa shape index (κ1) is 23.8. The average Bonchev–Trinajstić information content (AvgIpc) is 2.65. The van der Waals surface area contributed by atoms with Gasteiger partial charge in [0.15, 0.2) is 0 Å². The summed E-state index contributed by atoms with van der Waals surface area (Å²) in [6, 6.07) is 5.63. The van der Waals surface area contributed by atoms with Crippen molar-refractivity contribution < 1.29 is 19.5 Å². The van der Waals surface area contributed by atoms with E-state index in [0.29, 0.717) is 24.8 Å². The van der Waals surface area contributed by atoms with Gasteiger partial charge in [-0.1, -0.05) is 63.9 Å². The van der Waals surface area contributed by atoms with Gasteiger partial charge in [-0.05, 0) is 24.3 Å². The maximum Gasteiger partial charge on any atom is 0.327 e. The van der Waals surface area contributed by atoms with E-state index in [1.165, 1.54) is 0 Å².